The lowest BCUT2D eigenvalue weighted by atomic mass is 10.2. The van der Waals surface area contributed by atoms with Gasteiger partial charge in [0.2, 0.25) is 10.0 Å². The normalized spacial score (nSPS) is 10.4. The molecule has 102 valence electrons. The van der Waals surface area contributed by atoms with Crippen molar-refractivity contribution in [1.29, 1.82) is 0 Å². The zero-order chi connectivity index (χ0) is 14.5. The summed E-state index contributed by atoms with van der Waals surface area (Å²) in [5.41, 5.74) is 13.4. The number of hydrogen-bond acceptors (Lipinski definition) is 4. The maximum Gasteiger partial charge on any atom is 0.238 e. The average Bonchev–Trinajstić information content (AvgIpc) is 2.33. The van der Waals surface area contributed by atoms with Crippen LogP contribution in [0.5, 0.6) is 0 Å². The Labute approximate surface area is 113 Å². The van der Waals surface area contributed by atoms with Crippen molar-refractivity contribution in [2.24, 2.45) is 5.14 Å². The van der Waals surface area contributed by atoms with E-state index < -0.39 is 10.0 Å². The van der Waals surface area contributed by atoms with Gasteiger partial charge in [-0.15, -0.1) is 0 Å². The topological polar surface area (TPSA) is 112 Å². The molecule has 0 aromatic heterocycles. The number of benzene rings is 2. The molecule has 0 aliphatic rings. The molecule has 2 aromatic carbocycles. The molecule has 6 N–H and O–H groups in total. The van der Waals surface area contributed by atoms with Crippen molar-refractivity contribution < 1.29 is 8.42 Å². The first-order valence-corrected chi connectivity index (χ1v) is 7.04. The Hall–Kier alpha value is -2.05. The summed E-state index contributed by atoms with van der Waals surface area (Å²) in [5.74, 6) is 0. The molecule has 0 radical (unpaired) electrons. The van der Waals surface area contributed by atoms with Gasteiger partial charge in [0.1, 0.15) is 0 Å². The minimum Gasteiger partial charge on any atom is -0.399 e. The van der Waals surface area contributed by atoms with Crippen molar-refractivity contribution in [1.82, 2.24) is 0 Å². The smallest absolute Gasteiger partial charge is 0.238 e. The van der Waals surface area contributed by atoms with Gasteiger partial charge in [-0.05, 0) is 43.3 Å². The van der Waals surface area contributed by atoms with E-state index in [9.17, 15) is 8.42 Å². The van der Waals surface area contributed by atoms with Crippen LogP contribution in [0.4, 0.5) is 11.4 Å². The number of nitrogens with two attached hydrogens (primary N) is 3. The summed E-state index contributed by atoms with van der Waals surface area (Å²) in [6, 6.07) is 13.5. The number of primary sulfonamides is 1. The van der Waals surface area contributed by atoms with Gasteiger partial charge in [0.25, 0.3) is 0 Å². The second kappa shape index (κ2) is 6.21. The zero-order valence-corrected chi connectivity index (χ0v) is 11.4. The molecule has 0 saturated carbocycles. The maximum absolute atomic E-state index is 10.7. The Balaban J connectivity index is 0.000000200. The third-order valence-electron chi connectivity index (χ3n) is 2.29. The van der Waals surface area contributed by atoms with Gasteiger partial charge in [0.05, 0.1) is 4.90 Å². The van der Waals surface area contributed by atoms with Crippen LogP contribution in [-0.4, -0.2) is 8.42 Å². The van der Waals surface area contributed by atoms with E-state index in [1.165, 1.54) is 29.8 Å². The molecule has 0 spiro atoms. The standard InChI is InChI=1S/C7H9N.C6H8N2O2S/c1-6-2-4-7(8)5-3-6;7-5-1-3-6(4-2-5)11(8,9)10/h2-5H,8H2,1H3;1-4H,7H2,(H2,8,9,10). The Bertz CT molecular complexity index is 599. The van der Waals surface area contributed by atoms with Crippen molar-refractivity contribution in [3.05, 3.63) is 54.1 Å². The van der Waals surface area contributed by atoms with E-state index in [-0.39, 0.29) is 4.90 Å². The first-order chi connectivity index (χ1) is 8.79. The third kappa shape index (κ3) is 5.41. The van der Waals surface area contributed by atoms with Crippen molar-refractivity contribution in [2.45, 2.75) is 11.8 Å². The number of nitrogen functional groups attached to an aromatic ring is 2. The largest absolute Gasteiger partial charge is 0.399 e. The fraction of sp³-hybridized carbons (Fsp3) is 0.0769. The van der Waals surface area contributed by atoms with Gasteiger partial charge in [-0.25, -0.2) is 13.6 Å². The highest BCUT2D eigenvalue weighted by molar-refractivity contribution is 7.89. The van der Waals surface area contributed by atoms with Crippen LogP contribution in [0.1, 0.15) is 5.56 Å². The molecule has 0 atom stereocenters. The predicted molar refractivity (Wildman–Crippen MR) is 77.8 cm³/mol. The average molecular weight is 279 g/mol. The van der Waals surface area contributed by atoms with E-state index in [0.29, 0.717) is 5.69 Å². The number of aryl methyl sites for hydroxylation is 1. The third-order valence-corrected chi connectivity index (χ3v) is 3.22. The molecule has 5 nitrogen and oxygen atoms in total. The van der Waals surface area contributed by atoms with Gasteiger partial charge in [-0.1, -0.05) is 17.7 Å². The lowest BCUT2D eigenvalue weighted by Gasteiger charge is -1.96. The minimum absolute atomic E-state index is 0.0756. The molecule has 2 aromatic rings. The fourth-order valence-corrected chi connectivity index (χ4v) is 1.74. The number of hydrogen-bond donors (Lipinski definition) is 3. The summed E-state index contributed by atoms with van der Waals surface area (Å²) >= 11 is 0. The molecule has 0 heterocycles. The second-order valence-corrected chi connectivity index (χ2v) is 5.59. The maximum atomic E-state index is 10.7. The van der Waals surface area contributed by atoms with Crippen LogP contribution in [0, 0.1) is 6.92 Å². The molecule has 0 unspecified atom stereocenters. The lowest BCUT2D eigenvalue weighted by Crippen LogP contribution is -2.11. The number of sulfonamides is 1. The SMILES string of the molecule is Cc1ccc(N)cc1.Nc1ccc(S(N)(=O)=O)cc1. The Morgan fingerprint density at radius 2 is 1.16 bits per heavy atom. The summed E-state index contributed by atoms with van der Waals surface area (Å²) in [6.07, 6.45) is 0. The molecule has 0 saturated heterocycles. The van der Waals surface area contributed by atoms with Crippen molar-refractivity contribution in [3.8, 4) is 0 Å². The van der Waals surface area contributed by atoms with Crippen molar-refractivity contribution in [2.75, 3.05) is 11.5 Å². The summed E-state index contributed by atoms with van der Waals surface area (Å²) < 4.78 is 21.4. The predicted octanol–water partition coefficient (Wildman–Crippen LogP) is 1.49. The molecule has 0 aliphatic heterocycles. The minimum atomic E-state index is -3.58. The van der Waals surface area contributed by atoms with Crippen LogP contribution >= 0.6 is 0 Å². The zero-order valence-electron chi connectivity index (χ0n) is 10.6. The Morgan fingerprint density at radius 1 is 0.789 bits per heavy atom. The highest BCUT2D eigenvalue weighted by Gasteiger charge is 2.04. The first kappa shape index (κ1) is 15.0. The quantitative estimate of drug-likeness (QED) is 0.686. The van der Waals surface area contributed by atoms with E-state index in [0.717, 1.165) is 5.69 Å². The number of rotatable bonds is 1. The van der Waals surface area contributed by atoms with Crippen LogP contribution in [0.15, 0.2) is 53.4 Å². The van der Waals surface area contributed by atoms with Crippen LogP contribution < -0.4 is 16.6 Å². The molecular formula is C13H17N3O2S. The van der Waals surface area contributed by atoms with E-state index in [1.54, 1.807) is 0 Å². The highest BCUT2D eigenvalue weighted by atomic mass is 32.2. The first-order valence-electron chi connectivity index (χ1n) is 5.49. The van der Waals surface area contributed by atoms with Crippen LogP contribution in [0.25, 0.3) is 0 Å². The summed E-state index contributed by atoms with van der Waals surface area (Å²) in [5, 5.41) is 4.84. The molecule has 19 heavy (non-hydrogen) atoms. The Kier molecular flexibility index (Phi) is 4.91. The van der Waals surface area contributed by atoms with Crippen LogP contribution in [-0.2, 0) is 10.0 Å². The monoisotopic (exact) mass is 279 g/mol. The van der Waals surface area contributed by atoms with Crippen molar-refractivity contribution >= 4 is 21.4 Å². The van der Waals surface area contributed by atoms with E-state index in [2.05, 4.69) is 0 Å². The van der Waals surface area contributed by atoms with Gasteiger partial charge in [-0.2, -0.15) is 0 Å². The number of anilines is 2. The molecule has 2 rings (SSSR count). The molecular weight excluding hydrogens is 262 g/mol. The molecule has 0 fully saturated rings. The summed E-state index contributed by atoms with van der Waals surface area (Å²) in [6.45, 7) is 2.04. The van der Waals surface area contributed by atoms with Crippen LogP contribution in [0.2, 0.25) is 0 Å². The fourth-order valence-electron chi connectivity index (χ4n) is 1.22. The lowest BCUT2D eigenvalue weighted by molar-refractivity contribution is 0.598. The summed E-state index contributed by atoms with van der Waals surface area (Å²) in [4.78, 5) is 0.0756. The van der Waals surface area contributed by atoms with Gasteiger partial charge in [-0.3, -0.25) is 0 Å². The van der Waals surface area contributed by atoms with Crippen molar-refractivity contribution in [3.63, 3.8) is 0 Å². The van der Waals surface area contributed by atoms with E-state index >= 15 is 0 Å². The van der Waals surface area contributed by atoms with Gasteiger partial charge >= 0.3 is 0 Å². The molecule has 6 heteroatoms. The van der Waals surface area contributed by atoms with Crippen LogP contribution in [0.3, 0.4) is 0 Å². The molecule has 0 aliphatic carbocycles. The summed E-state index contributed by atoms with van der Waals surface area (Å²) in [7, 11) is -3.58. The second-order valence-electron chi connectivity index (χ2n) is 4.02. The van der Waals surface area contributed by atoms with Gasteiger partial charge in [0.15, 0.2) is 0 Å². The molecule has 0 bridgehead atoms. The molecule has 0 amide bonds. The Morgan fingerprint density at radius 3 is 1.47 bits per heavy atom. The van der Waals surface area contributed by atoms with Gasteiger partial charge in [0, 0.05) is 11.4 Å². The van der Waals surface area contributed by atoms with E-state index in [4.69, 9.17) is 16.6 Å². The van der Waals surface area contributed by atoms with Gasteiger partial charge < -0.3 is 11.5 Å². The highest BCUT2D eigenvalue weighted by Crippen LogP contribution is 2.08. The van der Waals surface area contributed by atoms with E-state index in [1.807, 2.05) is 31.2 Å².